The van der Waals surface area contributed by atoms with Crippen molar-refractivity contribution in [3.05, 3.63) is 18.0 Å². The van der Waals surface area contributed by atoms with Crippen LogP contribution in [0.2, 0.25) is 0 Å². The number of aromatic nitrogens is 2. The van der Waals surface area contributed by atoms with E-state index in [1.54, 1.807) is 17.9 Å². The fourth-order valence-corrected chi connectivity index (χ4v) is 2.82. The summed E-state index contributed by atoms with van der Waals surface area (Å²) in [6.45, 7) is 8.76. The molecule has 0 bridgehead atoms. The molecule has 2 N–H and O–H groups in total. The molecule has 1 aromatic heterocycles. The van der Waals surface area contributed by atoms with Gasteiger partial charge >= 0.3 is 0 Å². The number of amides is 1. The van der Waals surface area contributed by atoms with Crippen LogP contribution in [0.1, 0.15) is 39.3 Å². The van der Waals surface area contributed by atoms with Crippen molar-refractivity contribution in [1.82, 2.24) is 20.4 Å². The van der Waals surface area contributed by atoms with Gasteiger partial charge in [0.1, 0.15) is 6.04 Å². The molecule has 1 saturated carbocycles. The molecule has 1 aromatic rings. The SMILES string of the molecule is CNC(C(=O)NC1C(C)(C)C1(C)C)c1cnn(C)c1. The van der Waals surface area contributed by atoms with E-state index in [9.17, 15) is 4.79 Å². The summed E-state index contributed by atoms with van der Waals surface area (Å²) in [6.07, 6.45) is 3.59. The molecule has 1 atom stereocenters. The molecule has 5 heteroatoms. The predicted octanol–water partition coefficient (Wildman–Crippen LogP) is 1.23. The third-order valence-corrected chi connectivity index (χ3v) is 4.92. The maximum atomic E-state index is 12.4. The van der Waals surface area contributed by atoms with Crippen LogP contribution in [0.15, 0.2) is 12.4 Å². The second-order valence-corrected chi connectivity index (χ2v) is 6.55. The van der Waals surface area contributed by atoms with Crippen molar-refractivity contribution in [2.75, 3.05) is 7.05 Å². The van der Waals surface area contributed by atoms with Gasteiger partial charge in [0.05, 0.1) is 6.20 Å². The van der Waals surface area contributed by atoms with Crippen LogP contribution in [-0.2, 0) is 11.8 Å². The van der Waals surface area contributed by atoms with E-state index in [1.807, 2.05) is 13.2 Å². The fraction of sp³-hybridized carbons (Fsp3) is 0.714. The maximum Gasteiger partial charge on any atom is 0.242 e. The van der Waals surface area contributed by atoms with Crippen LogP contribution in [0.4, 0.5) is 0 Å². The van der Waals surface area contributed by atoms with Gasteiger partial charge in [0.15, 0.2) is 0 Å². The fourth-order valence-electron chi connectivity index (χ4n) is 2.82. The quantitative estimate of drug-likeness (QED) is 0.860. The van der Waals surface area contributed by atoms with Gasteiger partial charge in [-0.05, 0) is 17.9 Å². The Balaban J connectivity index is 2.07. The molecule has 0 saturated heterocycles. The molecule has 0 aromatic carbocycles. The Morgan fingerprint density at radius 1 is 1.37 bits per heavy atom. The standard InChI is InChI=1S/C14H24N4O/c1-13(2)12(14(13,3)4)17-11(19)10(15-5)9-7-16-18(6)8-9/h7-8,10,12,15H,1-6H3,(H,17,19). The van der Waals surface area contributed by atoms with Gasteiger partial charge in [-0.15, -0.1) is 0 Å². The van der Waals surface area contributed by atoms with Gasteiger partial charge in [-0.1, -0.05) is 27.7 Å². The molecule has 1 aliphatic rings. The molecule has 0 radical (unpaired) electrons. The summed E-state index contributed by atoms with van der Waals surface area (Å²) in [6, 6.07) is -0.124. The minimum Gasteiger partial charge on any atom is -0.351 e. The monoisotopic (exact) mass is 264 g/mol. The molecule has 0 aliphatic heterocycles. The number of nitrogens with one attached hydrogen (secondary N) is 2. The average molecular weight is 264 g/mol. The number of carbonyl (C=O) groups is 1. The number of likely N-dealkylation sites (N-methyl/N-ethyl adjacent to an activating group) is 1. The molecule has 1 heterocycles. The molecule has 1 unspecified atom stereocenters. The Hall–Kier alpha value is -1.36. The van der Waals surface area contributed by atoms with Crippen molar-refractivity contribution in [2.24, 2.45) is 17.9 Å². The van der Waals surface area contributed by atoms with E-state index in [4.69, 9.17) is 0 Å². The normalized spacial score (nSPS) is 22.0. The van der Waals surface area contributed by atoms with Gasteiger partial charge < -0.3 is 10.6 Å². The van der Waals surface area contributed by atoms with Crippen molar-refractivity contribution in [3.8, 4) is 0 Å². The zero-order chi connectivity index (χ0) is 14.4. The molecule has 1 aliphatic carbocycles. The summed E-state index contributed by atoms with van der Waals surface area (Å²) in [5.74, 6) is 0.0131. The van der Waals surface area contributed by atoms with Crippen molar-refractivity contribution in [3.63, 3.8) is 0 Å². The lowest BCUT2D eigenvalue weighted by atomic mass is 10.0. The summed E-state index contributed by atoms with van der Waals surface area (Å²) >= 11 is 0. The molecular weight excluding hydrogens is 240 g/mol. The van der Waals surface area contributed by atoms with E-state index in [0.717, 1.165) is 5.56 Å². The van der Waals surface area contributed by atoms with E-state index in [0.29, 0.717) is 0 Å². The maximum absolute atomic E-state index is 12.4. The van der Waals surface area contributed by atoms with E-state index in [2.05, 4.69) is 43.4 Å². The molecule has 5 nitrogen and oxygen atoms in total. The zero-order valence-corrected chi connectivity index (χ0v) is 12.6. The molecule has 0 spiro atoms. The second-order valence-electron chi connectivity index (χ2n) is 6.55. The Kier molecular flexibility index (Phi) is 3.21. The van der Waals surface area contributed by atoms with E-state index >= 15 is 0 Å². The van der Waals surface area contributed by atoms with Crippen LogP contribution < -0.4 is 10.6 Å². The third-order valence-electron chi connectivity index (χ3n) is 4.92. The Bertz CT molecular complexity index is 475. The van der Waals surface area contributed by atoms with Gasteiger partial charge in [-0.3, -0.25) is 9.48 Å². The van der Waals surface area contributed by atoms with Crippen molar-refractivity contribution < 1.29 is 4.79 Å². The third kappa shape index (κ3) is 2.16. The molecule has 1 fully saturated rings. The first-order chi connectivity index (χ1) is 8.71. The van der Waals surface area contributed by atoms with Crippen LogP contribution in [0, 0.1) is 10.8 Å². The van der Waals surface area contributed by atoms with Crippen LogP contribution in [0.25, 0.3) is 0 Å². The van der Waals surface area contributed by atoms with E-state index < -0.39 is 0 Å². The van der Waals surface area contributed by atoms with Crippen LogP contribution in [0.5, 0.6) is 0 Å². The average Bonchev–Trinajstić information content (AvgIpc) is 2.68. The Labute approximate surface area is 114 Å². The summed E-state index contributed by atoms with van der Waals surface area (Å²) in [5.41, 5.74) is 1.19. The van der Waals surface area contributed by atoms with Crippen LogP contribution in [0.3, 0.4) is 0 Å². The minimum atomic E-state index is -0.346. The summed E-state index contributed by atoms with van der Waals surface area (Å²) in [7, 11) is 3.64. The molecule has 2 rings (SSSR count). The van der Waals surface area contributed by atoms with Gasteiger partial charge in [0.25, 0.3) is 0 Å². The highest BCUT2D eigenvalue weighted by Crippen LogP contribution is 2.62. The first kappa shape index (κ1) is 14.1. The molecule has 1 amide bonds. The molecule has 106 valence electrons. The smallest absolute Gasteiger partial charge is 0.242 e. The number of rotatable bonds is 4. The van der Waals surface area contributed by atoms with Gasteiger partial charge in [0.2, 0.25) is 5.91 Å². The number of hydrogen-bond donors (Lipinski definition) is 2. The van der Waals surface area contributed by atoms with Crippen molar-refractivity contribution in [1.29, 1.82) is 0 Å². The summed E-state index contributed by atoms with van der Waals surface area (Å²) in [5, 5.41) is 10.3. The molecular formula is C14H24N4O. The minimum absolute atomic E-state index is 0.0131. The second kappa shape index (κ2) is 4.34. The largest absolute Gasteiger partial charge is 0.351 e. The molecule has 19 heavy (non-hydrogen) atoms. The van der Waals surface area contributed by atoms with Gasteiger partial charge in [0, 0.05) is 24.8 Å². The highest BCUT2D eigenvalue weighted by Gasteiger charge is 2.65. The van der Waals surface area contributed by atoms with Gasteiger partial charge in [-0.25, -0.2) is 0 Å². The first-order valence-corrected chi connectivity index (χ1v) is 6.68. The summed E-state index contributed by atoms with van der Waals surface area (Å²) < 4.78 is 1.71. The Morgan fingerprint density at radius 2 is 1.95 bits per heavy atom. The highest BCUT2D eigenvalue weighted by atomic mass is 16.2. The van der Waals surface area contributed by atoms with Crippen LogP contribution in [-0.4, -0.2) is 28.8 Å². The predicted molar refractivity (Wildman–Crippen MR) is 74.5 cm³/mol. The van der Waals surface area contributed by atoms with Crippen LogP contribution >= 0.6 is 0 Å². The number of hydrogen-bond acceptors (Lipinski definition) is 3. The first-order valence-electron chi connectivity index (χ1n) is 6.68. The van der Waals surface area contributed by atoms with E-state index in [1.165, 1.54) is 0 Å². The van der Waals surface area contributed by atoms with Gasteiger partial charge in [-0.2, -0.15) is 5.10 Å². The number of nitrogens with zero attached hydrogens (tertiary/aromatic N) is 2. The lowest BCUT2D eigenvalue weighted by Crippen LogP contribution is -2.39. The zero-order valence-electron chi connectivity index (χ0n) is 12.6. The summed E-state index contributed by atoms with van der Waals surface area (Å²) in [4.78, 5) is 12.4. The topological polar surface area (TPSA) is 59.0 Å². The lowest BCUT2D eigenvalue weighted by Gasteiger charge is -2.15. The highest BCUT2D eigenvalue weighted by molar-refractivity contribution is 5.84. The lowest BCUT2D eigenvalue weighted by molar-refractivity contribution is -0.123. The Morgan fingerprint density at radius 3 is 2.32 bits per heavy atom. The van der Waals surface area contributed by atoms with Crippen molar-refractivity contribution >= 4 is 5.91 Å². The number of carbonyl (C=O) groups excluding carboxylic acids is 1. The van der Waals surface area contributed by atoms with E-state index in [-0.39, 0.29) is 28.8 Å². The number of aryl methyl sites for hydroxylation is 1. The van der Waals surface area contributed by atoms with Crippen molar-refractivity contribution in [2.45, 2.75) is 39.8 Å².